The second kappa shape index (κ2) is 10.7. The maximum atomic E-state index is 9.55. The van der Waals surface area contributed by atoms with Gasteiger partial charge in [-0.2, -0.15) is 4.98 Å². The average molecular weight is 448 g/mol. The molecule has 0 aliphatic carbocycles. The Morgan fingerprint density at radius 3 is 2.28 bits per heavy atom. The molecule has 1 heterocycles. The van der Waals surface area contributed by atoms with Gasteiger partial charge in [0.25, 0.3) is 5.95 Å². The molecule has 3 rings (SSSR count). The van der Waals surface area contributed by atoms with E-state index in [4.69, 9.17) is 11.6 Å². The summed E-state index contributed by atoms with van der Waals surface area (Å²) in [4.78, 5) is 15.5. The SMILES string of the molecule is CC(C)N(C=Nc1ncc(C#Cc2ccc(Cl)cc2)c(Nc2ccc(O)cc2)n1)C(C)C. The zero-order chi connectivity index (χ0) is 23.1. The van der Waals surface area contributed by atoms with E-state index in [1.165, 1.54) is 0 Å². The molecule has 3 aromatic rings. The Morgan fingerprint density at radius 2 is 1.66 bits per heavy atom. The van der Waals surface area contributed by atoms with E-state index < -0.39 is 0 Å². The highest BCUT2D eigenvalue weighted by Crippen LogP contribution is 2.22. The van der Waals surface area contributed by atoms with Crippen molar-refractivity contribution in [2.24, 2.45) is 4.99 Å². The van der Waals surface area contributed by atoms with Gasteiger partial charge in [-0.1, -0.05) is 23.4 Å². The summed E-state index contributed by atoms with van der Waals surface area (Å²) in [7, 11) is 0. The van der Waals surface area contributed by atoms with Crippen molar-refractivity contribution in [3.05, 3.63) is 70.9 Å². The standard InChI is InChI=1S/C25H26ClN5O/c1-17(2)31(18(3)4)16-28-25-27-15-20(8-5-19-6-9-21(26)10-7-19)24(30-25)29-22-11-13-23(32)14-12-22/h6-7,9-18,32H,1-4H3,(H,27,29,30). The van der Waals surface area contributed by atoms with Crippen LogP contribution < -0.4 is 5.32 Å². The van der Waals surface area contributed by atoms with Gasteiger partial charge in [0, 0.05) is 28.4 Å². The molecule has 32 heavy (non-hydrogen) atoms. The summed E-state index contributed by atoms with van der Waals surface area (Å²) in [5.74, 6) is 7.27. The fourth-order valence-corrected chi connectivity index (χ4v) is 3.08. The molecule has 0 aliphatic rings. The Morgan fingerprint density at radius 1 is 1.00 bits per heavy atom. The Balaban J connectivity index is 1.95. The largest absolute Gasteiger partial charge is 0.508 e. The van der Waals surface area contributed by atoms with Crippen molar-refractivity contribution >= 4 is 35.4 Å². The first kappa shape index (κ1) is 23.1. The van der Waals surface area contributed by atoms with Gasteiger partial charge in [-0.25, -0.2) is 9.98 Å². The lowest BCUT2D eigenvalue weighted by atomic mass is 10.2. The van der Waals surface area contributed by atoms with E-state index in [-0.39, 0.29) is 5.75 Å². The Labute approximate surface area is 194 Å². The van der Waals surface area contributed by atoms with Crippen molar-refractivity contribution < 1.29 is 5.11 Å². The van der Waals surface area contributed by atoms with Gasteiger partial charge in [0.2, 0.25) is 0 Å². The van der Waals surface area contributed by atoms with Crippen molar-refractivity contribution in [3.8, 4) is 17.6 Å². The third-order valence-electron chi connectivity index (χ3n) is 4.59. The van der Waals surface area contributed by atoms with Gasteiger partial charge in [0.15, 0.2) is 5.82 Å². The second-order valence-corrected chi connectivity index (χ2v) is 8.18. The molecule has 0 saturated heterocycles. The molecule has 0 saturated carbocycles. The highest BCUT2D eigenvalue weighted by Gasteiger charge is 2.10. The van der Waals surface area contributed by atoms with Crippen LogP contribution in [0.1, 0.15) is 38.8 Å². The Bertz CT molecular complexity index is 1120. The Hall–Kier alpha value is -3.56. The number of nitrogens with zero attached hydrogens (tertiary/aromatic N) is 4. The van der Waals surface area contributed by atoms with Crippen LogP contribution in [-0.4, -0.2) is 38.4 Å². The van der Waals surface area contributed by atoms with E-state index >= 15 is 0 Å². The fraction of sp³-hybridized carbons (Fsp3) is 0.240. The van der Waals surface area contributed by atoms with Crippen LogP contribution in [0.25, 0.3) is 0 Å². The molecule has 0 radical (unpaired) electrons. The van der Waals surface area contributed by atoms with Gasteiger partial charge < -0.3 is 15.3 Å². The molecule has 0 amide bonds. The second-order valence-electron chi connectivity index (χ2n) is 7.74. The van der Waals surface area contributed by atoms with E-state index in [9.17, 15) is 5.11 Å². The van der Waals surface area contributed by atoms with E-state index in [1.807, 2.05) is 12.1 Å². The number of nitrogens with one attached hydrogen (secondary N) is 1. The minimum absolute atomic E-state index is 0.189. The summed E-state index contributed by atoms with van der Waals surface area (Å²) in [5.41, 5.74) is 2.21. The molecular weight excluding hydrogens is 422 g/mol. The summed E-state index contributed by atoms with van der Waals surface area (Å²) in [6.07, 6.45) is 3.43. The lowest BCUT2D eigenvalue weighted by Gasteiger charge is -2.27. The van der Waals surface area contributed by atoms with Crippen LogP contribution in [0.3, 0.4) is 0 Å². The van der Waals surface area contributed by atoms with E-state index in [1.54, 1.807) is 48.9 Å². The molecule has 6 nitrogen and oxygen atoms in total. The van der Waals surface area contributed by atoms with Crippen molar-refractivity contribution in [2.75, 3.05) is 5.32 Å². The zero-order valence-corrected chi connectivity index (χ0v) is 19.3. The molecule has 2 N–H and O–H groups in total. The quantitative estimate of drug-likeness (QED) is 0.217. The zero-order valence-electron chi connectivity index (χ0n) is 18.5. The fourth-order valence-electron chi connectivity index (χ4n) is 2.96. The predicted octanol–water partition coefficient (Wildman–Crippen LogP) is 5.76. The van der Waals surface area contributed by atoms with Crippen molar-refractivity contribution in [1.82, 2.24) is 14.9 Å². The molecule has 1 aromatic heterocycles. The first-order valence-electron chi connectivity index (χ1n) is 10.3. The maximum absolute atomic E-state index is 9.55. The summed E-state index contributed by atoms with van der Waals surface area (Å²) in [6, 6.07) is 14.6. The molecule has 0 atom stereocenters. The third kappa shape index (κ3) is 6.47. The van der Waals surface area contributed by atoms with Crippen LogP contribution in [0.2, 0.25) is 5.02 Å². The van der Waals surface area contributed by atoms with Crippen LogP contribution in [0.5, 0.6) is 5.75 Å². The number of phenolic OH excluding ortho intramolecular Hbond substituents is 1. The van der Waals surface area contributed by atoms with E-state index in [2.05, 4.69) is 64.7 Å². The number of rotatable bonds is 6. The summed E-state index contributed by atoms with van der Waals surface area (Å²) in [6.45, 7) is 8.44. The minimum Gasteiger partial charge on any atom is -0.508 e. The van der Waals surface area contributed by atoms with Gasteiger partial charge in [-0.3, -0.25) is 0 Å². The number of anilines is 2. The first-order valence-corrected chi connectivity index (χ1v) is 10.7. The number of aromatic hydroxyl groups is 1. The molecule has 164 valence electrons. The number of phenols is 1. The molecule has 0 unspecified atom stereocenters. The van der Waals surface area contributed by atoms with Gasteiger partial charge in [-0.15, -0.1) is 0 Å². The van der Waals surface area contributed by atoms with Crippen molar-refractivity contribution in [1.29, 1.82) is 0 Å². The lowest BCUT2D eigenvalue weighted by Crippen LogP contribution is -2.35. The smallest absolute Gasteiger partial charge is 0.252 e. The highest BCUT2D eigenvalue weighted by atomic mass is 35.5. The van der Waals surface area contributed by atoms with Gasteiger partial charge in [0.05, 0.1) is 18.1 Å². The van der Waals surface area contributed by atoms with Gasteiger partial charge >= 0.3 is 0 Å². The average Bonchev–Trinajstić information content (AvgIpc) is 2.75. The first-order chi connectivity index (χ1) is 15.3. The highest BCUT2D eigenvalue weighted by molar-refractivity contribution is 6.30. The van der Waals surface area contributed by atoms with Gasteiger partial charge in [-0.05, 0) is 76.2 Å². The molecule has 0 spiro atoms. The van der Waals surface area contributed by atoms with Crippen LogP contribution in [0.4, 0.5) is 17.5 Å². The Kier molecular flexibility index (Phi) is 7.69. The van der Waals surface area contributed by atoms with E-state index in [0.717, 1.165) is 11.3 Å². The van der Waals surface area contributed by atoms with Gasteiger partial charge in [0.1, 0.15) is 5.75 Å². The summed E-state index contributed by atoms with van der Waals surface area (Å²) < 4.78 is 0. The molecule has 7 heteroatoms. The van der Waals surface area contributed by atoms with Crippen LogP contribution in [-0.2, 0) is 0 Å². The molecule has 2 aromatic carbocycles. The molecule has 0 bridgehead atoms. The molecule has 0 fully saturated rings. The number of hydrogen-bond donors (Lipinski definition) is 2. The number of hydrogen-bond acceptors (Lipinski definition) is 5. The number of halogens is 1. The minimum atomic E-state index is 0.189. The third-order valence-corrected chi connectivity index (χ3v) is 4.84. The van der Waals surface area contributed by atoms with Crippen LogP contribution >= 0.6 is 11.6 Å². The predicted molar refractivity (Wildman–Crippen MR) is 131 cm³/mol. The van der Waals surface area contributed by atoms with Crippen LogP contribution in [0.15, 0.2) is 59.7 Å². The summed E-state index contributed by atoms with van der Waals surface area (Å²) >= 11 is 5.95. The molecule has 0 aliphatic heterocycles. The van der Waals surface area contributed by atoms with E-state index in [0.29, 0.717) is 34.4 Å². The van der Waals surface area contributed by atoms with Crippen molar-refractivity contribution in [2.45, 2.75) is 39.8 Å². The van der Waals surface area contributed by atoms with Crippen LogP contribution in [0, 0.1) is 11.8 Å². The monoisotopic (exact) mass is 447 g/mol. The normalized spacial score (nSPS) is 11.0. The number of benzene rings is 2. The lowest BCUT2D eigenvalue weighted by molar-refractivity contribution is 0.301. The maximum Gasteiger partial charge on any atom is 0.252 e. The van der Waals surface area contributed by atoms with Crippen molar-refractivity contribution in [3.63, 3.8) is 0 Å². The summed E-state index contributed by atoms with van der Waals surface area (Å²) in [5, 5.41) is 13.5. The topological polar surface area (TPSA) is 73.6 Å². The number of aromatic nitrogens is 2. The number of aliphatic imine (C=N–C) groups is 1. The molecular formula is C25H26ClN5O.